The van der Waals surface area contributed by atoms with Crippen LogP contribution >= 0.6 is 11.8 Å². The normalized spacial score (nSPS) is 18.4. The number of halogens is 1. The third-order valence-electron chi connectivity index (χ3n) is 4.96. The summed E-state index contributed by atoms with van der Waals surface area (Å²) in [4.78, 5) is 14.8. The number of anilines is 2. The first-order valence-corrected chi connectivity index (χ1v) is 10.4. The molecule has 4 rings (SSSR count). The number of hydrogen-bond donors (Lipinski definition) is 1. The molecule has 1 saturated carbocycles. The molecule has 27 heavy (non-hydrogen) atoms. The lowest BCUT2D eigenvalue weighted by Gasteiger charge is -2.28. The van der Waals surface area contributed by atoms with Gasteiger partial charge >= 0.3 is 0 Å². The minimum atomic E-state index is -0.328. The van der Waals surface area contributed by atoms with Crippen LogP contribution < -0.4 is 10.2 Å². The molecule has 2 fully saturated rings. The van der Waals surface area contributed by atoms with E-state index in [0.29, 0.717) is 11.7 Å². The maximum absolute atomic E-state index is 13.0. The van der Waals surface area contributed by atoms with Gasteiger partial charge in [-0.1, -0.05) is 11.8 Å². The van der Waals surface area contributed by atoms with Crippen molar-refractivity contribution >= 4 is 29.3 Å². The van der Waals surface area contributed by atoms with Crippen LogP contribution in [0.25, 0.3) is 0 Å². The number of rotatable bonds is 6. The van der Waals surface area contributed by atoms with Crippen LogP contribution in [0.2, 0.25) is 0 Å². The van der Waals surface area contributed by atoms with Crippen molar-refractivity contribution in [3.05, 3.63) is 30.1 Å². The summed E-state index contributed by atoms with van der Waals surface area (Å²) in [5.74, 6) is 0.500. The summed E-state index contributed by atoms with van der Waals surface area (Å²) in [6.45, 7) is 3.91. The van der Waals surface area contributed by atoms with Crippen LogP contribution in [0, 0.1) is 5.82 Å². The second-order valence-corrected chi connectivity index (χ2v) is 8.50. The number of carbonyl (C=O) groups is 1. The fourth-order valence-corrected chi connectivity index (χ4v) is 4.21. The molecule has 1 aliphatic carbocycles. The van der Waals surface area contributed by atoms with E-state index in [1.807, 2.05) is 6.92 Å². The fourth-order valence-electron chi connectivity index (χ4n) is 3.30. The number of amides is 1. The Labute approximate surface area is 162 Å². The zero-order valence-corrected chi connectivity index (χ0v) is 16.2. The highest BCUT2D eigenvalue weighted by Crippen LogP contribution is 2.42. The summed E-state index contributed by atoms with van der Waals surface area (Å²) in [7, 11) is 0. The SMILES string of the molecule is C[C@@H](Sc1nnc(N2CCCCC2)n1C1CC1)C(=O)Nc1ccc(F)cc1. The molecular weight excluding hydrogens is 365 g/mol. The Kier molecular flexibility index (Phi) is 5.33. The third kappa shape index (κ3) is 4.26. The van der Waals surface area contributed by atoms with Gasteiger partial charge in [-0.2, -0.15) is 0 Å². The van der Waals surface area contributed by atoms with Crippen molar-refractivity contribution in [2.75, 3.05) is 23.3 Å². The summed E-state index contributed by atoms with van der Waals surface area (Å²) in [5.41, 5.74) is 0.589. The van der Waals surface area contributed by atoms with Crippen LogP contribution in [0.4, 0.5) is 16.0 Å². The molecule has 6 nitrogen and oxygen atoms in total. The molecule has 2 aromatic rings. The van der Waals surface area contributed by atoms with Gasteiger partial charge in [0.2, 0.25) is 11.9 Å². The van der Waals surface area contributed by atoms with Crippen LogP contribution in [-0.2, 0) is 4.79 Å². The maximum Gasteiger partial charge on any atom is 0.237 e. The Hall–Kier alpha value is -2.09. The van der Waals surface area contributed by atoms with Crippen molar-refractivity contribution in [3.63, 3.8) is 0 Å². The predicted molar refractivity (Wildman–Crippen MR) is 105 cm³/mol. The fraction of sp³-hybridized carbons (Fsp3) is 0.526. The summed E-state index contributed by atoms with van der Waals surface area (Å²) in [5, 5.41) is 12.2. The van der Waals surface area contributed by atoms with E-state index < -0.39 is 0 Å². The van der Waals surface area contributed by atoms with Gasteiger partial charge in [0.15, 0.2) is 5.16 Å². The molecule has 144 valence electrons. The lowest BCUT2D eigenvalue weighted by molar-refractivity contribution is -0.115. The monoisotopic (exact) mass is 389 g/mol. The minimum Gasteiger partial charge on any atom is -0.341 e. The van der Waals surface area contributed by atoms with Crippen molar-refractivity contribution < 1.29 is 9.18 Å². The van der Waals surface area contributed by atoms with Gasteiger partial charge in [-0.3, -0.25) is 9.36 Å². The van der Waals surface area contributed by atoms with Crippen molar-refractivity contribution in [2.24, 2.45) is 0 Å². The Morgan fingerprint density at radius 3 is 2.56 bits per heavy atom. The molecule has 1 atom stereocenters. The number of carbonyl (C=O) groups excluding carboxylic acids is 1. The molecule has 0 spiro atoms. The molecule has 0 unspecified atom stereocenters. The predicted octanol–water partition coefficient (Wildman–Crippen LogP) is 3.86. The average molecular weight is 390 g/mol. The highest BCUT2D eigenvalue weighted by Gasteiger charge is 2.33. The van der Waals surface area contributed by atoms with Gasteiger partial charge in [0.25, 0.3) is 0 Å². The smallest absolute Gasteiger partial charge is 0.237 e. The minimum absolute atomic E-state index is 0.128. The van der Waals surface area contributed by atoms with Crippen molar-refractivity contribution in [1.29, 1.82) is 0 Å². The van der Waals surface area contributed by atoms with Gasteiger partial charge in [0, 0.05) is 24.8 Å². The summed E-state index contributed by atoms with van der Waals surface area (Å²) < 4.78 is 15.2. The van der Waals surface area contributed by atoms with Gasteiger partial charge in [-0.15, -0.1) is 10.2 Å². The highest BCUT2D eigenvalue weighted by atomic mass is 32.2. The van der Waals surface area contributed by atoms with E-state index in [2.05, 4.69) is 25.0 Å². The van der Waals surface area contributed by atoms with E-state index in [9.17, 15) is 9.18 Å². The molecule has 1 aliphatic heterocycles. The van der Waals surface area contributed by atoms with Gasteiger partial charge in [0.05, 0.1) is 5.25 Å². The van der Waals surface area contributed by atoms with Gasteiger partial charge in [0.1, 0.15) is 5.82 Å². The summed E-state index contributed by atoms with van der Waals surface area (Å²) in [6.07, 6.45) is 5.94. The van der Waals surface area contributed by atoms with Gasteiger partial charge < -0.3 is 10.2 Å². The third-order valence-corrected chi connectivity index (χ3v) is 6.02. The van der Waals surface area contributed by atoms with Crippen LogP contribution in [0.5, 0.6) is 0 Å². The molecule has 1 aromatic heterocycles. The molecule has 1 amide bonds. The zero-order valence-electron chi connectivity index (χ0n) is 15.4. The number of nitrogens with one attached hydrogen (secondary N) is 1. The number of aromatic nitrogens is 3. The summed E-state index contributed by atoms with van der Waals surface area (Å²) >= 11 is 1.43. The molecular formula is C19H24FN5OS. The lowest BCUT2D eigenvalue weighted by Crippen LogP contribution is -2.32. The largest absolute Gasteiger partial charge is 0.341 e. The first-order valence-electron chi connectivity index (χ1n) is 9.55. The number of thioether (sulfide) groups is 1. The quantitative estimate of drug-likeness (QED) is 0.760. The molecule has 1 N–H and O–H groups in total. The molecule has 0 bridgehead atoms. The summed E-state index contributed by atoms with van der Waals surface area (Å²) in [6, 6.07) is 6.24. The van der Waals surface area contributed by atoms with E-state index in [-0.39, 0.29) is 17.0 Å². The van der Waals surface area contributed by atoms with E-state index in [0.717, 1.165) is 37.0 Å². The first kappa shape index (κ1) is 18.3. The molecule has 1 saturated heterocycles. The standard InChI is InChI=1S/C19H24FN5OS/c1-13(17(26)21-15-7-5-14(20)6-8-15)27-19-23-22-18(25(19)16-9-10-16)24-11-3-2-4-12-24/h5-8,13,16H,2-4,9-12H2,1H3,(H,21,26)/t13-/m1/s1. The second-order valence-electron chi connectivity index (χ2n) is 7.19. The van der Waals surface area contributed by atoms with Crippen LogP contribution in [0.15, 0.2) is 29.4 Å². The Balaban J connectivity index is 1.45. The van der Waals surface area contributed by atoms with E-state index in [1.165, 1.54) is 43.2 Å². The van der Waals surface area contributed by atoms with E-state index in [1.54, 1.807) is 12.1 Å². The van der Waals surface area contributed by atoms with Crippen molar-refractivity contribution in [1.82, 2.24) is 14.8 Å². The Morgan fingerprint density at radius 1 is 1.19 bits per heavy atom. The Morgan fingerprint density at radius 2 is 1.89 bits per heavy atom. The second kappa shape index (κ2) is 7.88. The van der Waals surface area contributed by atoms with Crippen molar-refractivity contribution in [3.8, 4) is 0 Å². The van der Waals surface area contributed by atoms with Gasteiger partial charge in [-0.05, 0) is 63.3 Å². The van der Waals surface area contributed by atoms with Crippen molar-refractivity contribution in [2.45, 2.75) is 55.5 Å². The van der Waals surface area contributed by atoms with Crippen LogP contribution in [0.3, 0.4) is 0 Å². The van der Waals surface area contributed by atoms with Crippen LogP contribution in [0.1, 0.15) is 45.1 Å². The lowest BCUT2D eigenvalue weighted by atomic mass is 10.1. The molecule has 2 aliphatic rings. The number of piperidine rings is 1. The molecule has 0 radical (unpaired) electrons. The molecule has 8 heteroatoms. The number of hydrogen-bond acceptors (Lipinski definition) is 5. The topological polar surface area (TPSA) is 63.1 Å². The highest BCUT2D eigenvalue weighted by molar-refractivity contribution is 8.00. The average Bonchev–Trinajstić information content (AvgIpc) is 3.44. The number of benzene rings is 1. The molecule has 2 heterocycles. The first-order chi connectivity index (χ1) is 13.1. The number of nitrogens with zero attached hydrogens (tertiary/aromatic N) is 4. The maximum atomic E-state index is 13.0. The van der Waals surface area contributed by atoms with E-state index in [4.69, 9.17) is 0 Å². The Bertz CT molecular complexity index is 799. The zero-order chi connectivity index (χ0) is 18.8. The van der Waals surface area contributed by atoms with E-state index >= 15 is 0 Å². The van der Waals surface area contributed by atoms with Crippen LogP contribution in [-0.4, -0.2) is 39.0 Å². The van der Waals surface area contributed by atoms with Gasteiger partial charge in [-0.25, -0.2) is 4.39 Å². The molecule has 1 aromatic carbocycles.